The van der Waals surface area contributed by atoms with Crippen LogP contribution in [-0.2, 0) is 24.4 Å². The van der Waals surface area contributed by atoms with E-state index in [9.17, 15) is 4.79 Å². The van der Waals surface area contributed by atoms with Gasteiger partial charge in [0.05, 0.1) is 24.1 Å². The van der Waals surface area contributed by atoms with Crippen LogP contribution in [0.2, 0.25) is 0 Å². The molecule has 0 aliphatic heterocycles. The van der Waals surface area contributed by atoms with Crippen molar-refractivity contribution in [1.82, 2.24) is 24.9 Å². The molecule has 100 valence electrons. The Kier molecular flexibility index (Phi) is 4.19. The first-order chi connectivity index (χ1) is 9.19. The number of hydrogen-bond donors (Lipinski definition) is 1. The van der Waals surface area contributed by atoms with Gasteiger partial charge in [-0.25, -0.2) is 4.68 Å². The highest BCUT2D eigenvalue weighted by atomic mass is 16.2. The molecule has 2 N–H and O–H groups in total. The van der Waals surface area contributed by atoms with E-state index < -0.39 is 0 Å². The number of pyridine rings is 1. The number of carbonyl (C=O) groups excluding carboxylic acids is 1. The maximum Gasteiger partial charge on any atom is 0.244 e. The van der Waals surface area contributed by atoms with E-state index in [-0.39, 0.29) is 12.5 Å². The molecule has 2 rings (SSSR count). The van der Waals surface area contributed by atoms with E-state index in [0.29, 0.717) is 18.8 Å². The molecular weight excluding hydrogens is 244 g/mol. The highest BCUT2D eigenvalue weighted by Crippen LogP contribution is 2.00. The summed E-state index contributed by atoms with van der Waals surface area (Å²) in [6, 6.07) is 5.62. The Morgan fingerprint density at radius 3 is 2.89 bits per heavy atom. The van der Waals surface area contributed by atoms with Crippen LogP contribution in [0.3, 0.4) is 0 Å². The van der Waals surface area contributed by atoms with Gasteiger partial charge in [0.2, 0.25) is 5.91 Å². The number of nitrogens with zero attached hydrogens (tertiary/aromatic N) is 5. The van der Waals surface area contributed by atoms with Gasteiger partial charge in [-0.15, -0.1) is 5.10 Å². The minimum absolute atomic E-state index is 0.0564. The summed E-state index contributed by atoms with van der Waals surface area (Å²) in [7, 11) is 1.73. The third kappa shape index (κ3) is 3.59. The second-order valence-corrected chi connectivity index (χ2v) is 4.18. The van der Waals surface area contributed by atoms with Crippen LogP contribution in [0.15, 0.2) is 30.6 Å². The van der Waals surface area contributed by atoms with Crippen LogP contribution in [0, 0.1) is 0 Å². The molecule has 0 spiro atoms. The number of carbonyl (C=O) groups is 1. The van der Waals surface area contributed by atoms with E-state index in [1.165, 1.54) is 4.68 Å². The van der Waals surface area contributed by atoms with Crippen molar-refractivity contribution in [3.63, 3.8) is 0 Å². The largest absolute Gasteiger partial charge is 0.338 e. The normalized spacial score (nSPS) is 10.4. The van der Waals surface area contributed by atoms with Crippen LogP contribution in [0.25, 0.3) is 0 Å². The molecule has 7 heteroatoms. The molecular formula is C12H16N6O. The zero-order valence-corrected chi connectivity index (χ0v) is 10.7. The molecule has 2 heterocycles. The van der Waals surface area contributed by atoms with Crippen LogP contribution in [0.4, 0.5) is 0 Å². The van der Waals surface area contributed by atoms with E-state index in [0.717, 1.165) is 5.69 Å². The fraction of sp³-hybridized carbons (Fsp3) is 0.333. The van der Waals surface area contributed by atoms with E-state index in [1.54, 1.807) is 24.3 Å². The lowest BCUT2D eigenvalue weighted by molar-refractivity contribution is -0.131. The first-order valence-electron chi connectivity index (χ1n) is 5.92. The second kappa shape index (κ2) is 6.05. The van der Waals surface area contributed by atoms with Gasteiger partial charge in [0, 0.05) is 19.8 Å². The molecule has 0 saturated heterocycles. The average molecular weight is 260 g/mol. The molecule has 7 nitrogen and oxygen atoms in total. The Bertz CT molecular complexity index is 538. The summed E-state index contributed by atoms with van der Waals surface area (Å²) in [6.45, 7) is 0.937. The third-order valence-corrected chi connectivity index (χ3v) is 2.64. The predicted molar refractivity (Wildman–Crippen MR) is 68.6 cm³/mol. The van der Waals surface area contributed by atoms with Gasteiger partial charge in [0.15, 0.2) is 0 Å². The monoisotopic (exact) mass is 260 g/mol. The Morgan fingerprint density at radius 2 is 2.26 bits per heavy atom. The van der Waals surface area contributed by atoms with Gasteiger partial charge in [-0.2, -0.15) is 0 Å². The molecule has 0 atom stereocenters. The highest BCUT2D eigenvalue weighted by molar-refractivity contribution is 5.75. The Hall–Kier alpha value is -2.28. The number of nitrogens with two attached hydrogens (primary N) is 1. The fourth-order valence-corrected chi connectivity index (χ4v) is 1.59. The zero-order valence-electron chi connectivity index (χ0n) is 10.7. The maximum atomic E-state index is 12.0. The van der Waals surface area contributed by atoms with E-state index in [2.05, 4.69) is 15.3 Å². The van der Waals surface area contributed by atoms with Crippen molar-refractivity contribution >= 4 is 5.91 Å². The van der Waals surface area contributed by atoms with Crippen molar-refractivity contribution in [3.05, 3.63) is 42.0 Å². The van der Waals surface area contributed by atoms with E-state index >= 15 is 0 Å². The summed E-state index contributed by atoms with van der Waals surface area (Å²) < 4.78 is 1.49. The molecule has 0 aliphatic carbocycles. The third-order valence-electron chi connectivity index (χ3n) is 2.64. The van der Waals surface area contributed by atoms with Crippen LogP contribution >= 0.6 is 0 Å². The van der Waals surface area contributed by atoms with Crippen molar-refractivity contribution in [2.45, 2.75) is 19.6 Å². The quantitative estimate of drug-likeness (QED) is 0.803. The fourth-order valence-electron chi connectivity index (χ4n) is 1.59. The summed E-state index contributed by atoms with van der Waals surface area (Å²) in [5.41, 5.74) is 6.95. The molecule has 0 aliphatic rings. The lowest BCUT2D eigenvalue weighted by atomic mass is 10.3. The summed E-state index contributed by atoms with van der Waals surface area (Å²) in [6.07, 6.45) is 3.38. The Labute approximate surface area is 111 Å². The number of rotatable bonds is 5. The van der Waals surface area contributed by atoms with Crippen LogP contribution in [0.5, 0.6) is 0 Å². The molecule has 19 heavy (non-hydrogen) atoms. The molecule has 2 aromatic heterocycles. The van der Waals surface area contributed by atoms with Gasteiger partial charge >= 0.3 is 0 Å². The van der Waals surface area contributed by atoms with Crippen LogP contribution in [-0.4, -0.2) is 37.8 Å². The maximum absolute atomic E-state index is 12.0. The van der Waals surface area contributed by atoms with Crippen LogP contribution < -0.4 is 5.73 Å². The second-order valence-electron chi connectivity index (χ2n) is 4.18. The summed E-state index contributed by atoms with van der Waals surface area (Å²) >= 11 is 0. The van der Waals surface area contributed by atoms with Gasteiger partial charge < -0.3 is 10.6 Å². The van der Waals surface area contributed by atoms with Crippen molar-refractivity contribution in [1.29, 1.82) is 0 Å². The number of likely N-dealkylation sites (N-methyl/N-ethyl adjacent to an activating group) is 1. The Morgan fingerprint density at radius 1 is 1.42 bits per heavy atom. The average Bonchev–Trinajstić information content (AvgIpc) is 2.87. The molecule has 1 amide bonds. The van der Waals surface area contributed by atoms with Crippen molar-refractivity contribution in [3.8, 4) is 0 Å². The first kappa shape index (κ1) is 13.2. The van der Waals surface area contributed by atoms with Gasteiger partial charge in [0.25, 0.3) is 0 Å². The van der Waals surface area contributed by atoms with E-state index in [1.807, 2.05) is 18.2 Å². The summed E-state index contributed by atoms with van der Waals surface area (Å²) in [5, 5.41) is 7.68. The summed E-state index contributed by atoms with van der Waals surface area (Å²) in [5.74, 6) is -0.0564. The molecule has 2 aromatic rings. The minimum Gasteiger partial charge on any atom is -0.338 e. The molecule has 0 radical (unpaired) electrons. The molecule has 0 saturated carbocycles. The molecule has 0 aromatic carbocycles. The lowest BCUT2D eigenvalue weighted by Gasteiger charge is -2.16. The topological polar surface area (TPSA) is 89.9 Å². The first-order valence-corrected chi connectivity index (χ1v) is 5.92. The zero-order chi connectivity index (χ0) is 13.7. The van der Waals surface area contributed by atoms with Gasteiger partial charge in [-0.05, 0) is 12.1 Å². The predicted octanol–water partition coefficient (Wildman–Crippen LogP) is -0.210. The molecule has 0 unspecified atom stereocenters. The van der Waals surface area contributed by atoms with Crippen LogP contribution in [0.1, 0.15) is 11.4 Å². The minimum atomic E-state index is -0.0564. The van der Waals surface area contributed by atoms with E-state index in [4.69, 9.17) is 5.73 Å². The van der Waals surface area contributed by atoms with Crippen molar-refractivity contribution in [2.24, 2.45) is 5.73 Å². The smallest absolute Gasteiger partial charge is 0.244 e. The number of aromatic nitrogens is 4. The van der Waals surface area contributed by atoms with Gasteiger partial charge in [-0.3, -0.25) is 9.78 Å². The number of hydrogen-bond acceptors (Lipinski definition) is 5. The summed E-state index contributed by atoms with van der Waals surface area (Å²) in [4.78, 5) is 17.8. The Balaban J connectivity index is 1.92. The number of amides is 1. The van der Waals surface area contributed by atoms with Gasteiger partial charge in [0.1, 0.15) is 6.54 Å². The lowest BCUT2D eigenvalue weighted by Crippen LogP contribution is -2.30. The SMILES string of the molecule is CN(Cc1ccccn1)C(=O)Cn1cc(CN)nn1. The van der Waals surface area contributed by atoms with Gasteiger partial charge in [-0.1, -0.05) is 11.3 Å². The molecule has 0 fully saturated rings. The van der Waals surface area contributed by atoms with Crippen molar-refractivity contribution in [2.75, 3.05) is 7.05 Å². The molecule has 0 bridgehead atoms. The highest BCUT2D eigenvalue weighted by Gasteiger charge is 2.11. The van der Waals surface area contributed by atoms with Crippen molar-refractivity contribution < 1.29 is 4.79 Å². The standard InChI is InChI=1S/C12H16N6O/c1-17(7-10-4-2-3-5-14-10)12(19)9-18-8-11(6-13)15-16-18/h2-5,8H,6-7,9,13H2,1H3.